The molecule has 0 unspecified atom stereocenters. The molecule has 0 bridgehead atoms. The van der Waals surface area contributed by atoms with Crippen LogP contribution in [0.15, 0.2) is 0 Å². The summed E-state index contributed by atoms with van der Waals surface area (Å²) in [7, 11) is 2.20. The van der Waals surface area contributed by atoms with Gasteiger partial charge in [0.2, 0.25) is 0 Å². The van der Waals surface area contributed by atoms with E-state index in [0.29, 0.717) is 12.1 Å². The van der Waals surface area contributed by atoms with Gasteiger partial charge in [-0.2, -0.15) is 5.26 Å². The van der Waals surface area contributed by atoms with Crippen LogP contribution in [0.3, 0.4) is 0 Å². The minimum Gasteiger partial charge on any atom is -0.302 e. The van der Waals surface area contributed by atoms with Crippen molar-refractivity contribution in [2.75, 3.05) is 26.7 Å². The Labute approximate surface area is 105 Å². The fourth-order valence-electron chi connectivity index (χ4n) is 2.91. The van der Waals surface area contributed by atoms with E-state index in [-0.39, 0.29) is 5.41 Å². The van der Waals surface area contributed by atoms with Crippen LogP contribution < -0.4 is 0 Å². The average molecular weight is 235 g/mol. The molecule has 0 amide bonds. The third-order valence-electron chi connectivity index (χ3n) is 4.50. The predicted molar refractivity (Wildman–Crippen MR) is 69.6 cm³/mol. The van der Waals surface area contributed by atoms with Crippen LogP contribution in [0.4, 0.5) is 0 Å². The normalized spacial score (nSPS) is 25.2. The smallest absolute Gasteiger partial charge is 0.0703 e. The molecule has 1 saturated heterocycles. The molecule has 3 nitrogen and oxygen atoms in total. The lowest BCUT2D eigenvalue weighted by molar-refractivity contribution is 0.101. The van der Waals surface area contributed by atoms with Gasteiger partial charge in [0.1, 0.15) is 0 Å². The molecule has 2 aliphatic rings. The van der Waals surface area contributed by atoms with Crippen LogP contribution in [0.1, 0.15) is 39.5 Å². The number of nitriles is 1. The quantitative estimate of drug-likeness (QED) is 0.747. The van der Waals surface area contributed by atoms with E-state index < -0.39 is 0 Å². The summed E-state index contributed by atoms with van der Waals surface area (Å²) in [6, 6.07) is 3.86. The van der Waals surface area contributed by atoms with Gasteiger partial charge in [0.15, 0.2) is 0 Å². The highest BCUT2D eigenvalue weighted by molar-refractivity contribution is 5.11. The molecule has 0 radical (unpaired) electrons. The molecular weight excluding hydrogens is 210 g/mol. The van der Waals surface area contributed by atoms with Crippen molar-refractivity contribution in [3.8, 4) is 6.07 Å². The monoisotopic (exact) mass is 235 g/mol. The maximum atomic E-state index is 9.13. The zero-order valence-corrected chi connectivity index (χ0v) is 11.4. The van der Waals surface area contributed by atoms with Crippen LogP contribution >= 0.6 is 0 Å². The lowest BCUT2D eigenvalue weighted by atomic mass is 10.0. The molecule has 0 N–H and O–H groups in total. The third kappa shape index (κ3) is 3.00. The molecule has 2 fully saturated rings. The zero-order valence-electron chi connectivity index (χ0n) is 11.4. The van der Waals surface area contributed by atoms with Gasteiger partial charge in [0.05, 0.1) is 11.5 Å². The van der Waals surface area contributed by atoms with Gasteiger partial charge in [0.25, 0.3) is 0 Å². The van der Waals surface area contributed by atoms with E-state index >= 15 is 0 Å². The standard InChI is InChI=1S/C14H25N3/c1-12(2)17-8-4-13(5-9-17)16(3)11-14(10-15)6-7-14/h12-13H,4-9,11H2,1-3H3. The average Bonchev–Trinajstić information content (AvgIpc) is 3.09. The highest BCUT2D eigenvalue weighted by Gasteiger charge is 2.44. The van der Waals surface area contributed by atoms with Gasteiger partial charge >= 0.3 is 0 Å². The molecule has 3 heteroatoms. The number of rotatable bonds is 4. The molecule has 1 heterocycles. The Morgan fingerprint density at radius 1 is 1.35 bits per heavy atom. The molecule has 1 aliphatic carbocycles. The molecule has 2 rings (SSSR count). The van der Waals surface area contributed by atoms with E-state index in [1.807, 2.05) is 0 Å². The molecule has 0 spiro atoms. The number of likely N-dealkylation sites (tertiary alicyclic amines) is 1. The van der Waals surface area contributed by atoms with Crippen LogP contribution in [0.25, 0.3) is 0 Å². The van der Waals surface area contributed by atoms with Crippen molar-refractivity contribution in [3.63, 3.8) is 0 Å². The summed E-state index contributed by atoms with van der Waals surface area (Å²) in [6.45, 7) is 7.96. The first-order valence-electron chi connectivity index (χ1n) is 6.92. The van der Waals surface area contributed by atoms with Gasteiger partial charge in [-0.25, -0.2) is 0 Å². The maximum Gasteiger partial charge on any atom is 0.0703 e. The number of hydrogen-bond donors (Lipinski definition) is 0. The Hall–Kier alpha value is -0.590. The predicted octanol–water partition coefficient (Wildman–Crippen LogP) is 2.09. The Kier molecular flexibility index (Phi) is 3.75. The van der Waals surface area contributed by atoms with Crippen molar-refractivity contribution in [2.45, 2.75) is 51.6 Å². The van der Waals surface area contributed by atoms with Crippen LogP contribution in [-0.4, -0.2) is 48.6 Å². The van der Waals surface area contributed by atoms with Gasteiger partial charge < -0.3 is 9.80 Å². The number of nitrogens with zero attached hydrogens (tertiary/aromatic N) is 3. The second kappa shape index (κ2) is 4.96. The number of hydrogen-bond acceptors (Lipinski definition) is 3. The largest absolute Gasteiger partial charge is 0.302 e. The lowest BCUT2D eigenvalue weighted by Crippen LogP contribution is -2.46. The van der Waals surface area contributed by atoms with Crippen molar-refractivity contribution < 1.29 is 0 Å². The second-order valence-corrected chi connectivity index (χ2v) is 6.17. The van der Waals surface area contributed by atoms with Crippen LogP contribution in [0.5, 0.6) is 0 Å². The van der Waals surface area contributed by atoms with Crippen LogP contribution in [0.2, 0.25) is 0 Å². The summed E-state index contributed by atoms with van der Waals surface area (Å²) in [5.74, 6) is 0. The van der Waals surface area contributed by atoms with Gasteiger partial charge in [-0.1, -0.05) is 0 Å². The van der Waals surface area contributed by atoms with Crippen LogP contribution in [0, 0.1) is 16.7 Å². The van der Waals surface area contributed by atoms with Crippen LogP contribution in [-0.2, 0) is 0 Å². The third-order valence-corrected chi connectivity index (χ3v) is 4.50. The fourth-order valence-corrected chi connectivity index (χ4v) is 2.91. The molecular formula is C14H25N3. The molecule has 1 saturated carbocycles. The van der Waals surface area contributed by atoms with Crippen molar-refractivity contribution in [3.05, 3.63) is 0 Å². The molecule has 1 aliphatic heterocycles. The topological polar surface area (TPSA) is 30.3 Å². The van der Waals surface area contributed by atoms with E-state index in [9.17, 15) is 0 Å². The van der Waals surface area contributed by atoms with E-state index in [4.69, 9.17) is 5.26 Å². The lowest BCUT2D eigenvalue weighted by Gasteiger charge is -2.39. The van der Waals surface area contributed by atoms with E-state index in [1.54, 1.807) is 0 Å². The summed E-state index contributed by atoms with van der Waals surface area (Å²) in [5, 5.41) is 9.13. The first-order chi connectivity index (χ1) is 8.06. The van der Waals surface area contributed by atoms with E-state index in [2.05, 4.69) is 36.8 Å². The Morgan fingerprint density at radius 3 is 2.35 bits per heavy atom. The summed E-state index contributed by atoms with van der Waals surface area (Å²) >= 11 is 0. The molecule has 0 aromatic rings. The second-order valence-electron chi connectivity index (χ2n) is 6.17. The number of piperidine rings is 1. The van der Waals surface area contributed by atoms with Crippen molar-refractivity contribution in [2.24, 2.45) is 5.41 Å². The molecule has 0 aromatic heterocycles. The highest BCUT2D eigenvalue weighted by atomic mass is 15.2. The van der Waals surface area contributed by atoms with Crippen molar-refractivity contribution in [1.82, 2.24) is 9.80 Å². The minimum absolute atomic E-state index is 0.0178. The van der Waals surface area contributed by atoms with Crippen molar-refractivity contribution >= 4 is 0 Å². The Bertz CT molecular complexity index is 293. The first-order valence-corrected chi connectivity index (χ1v) is 6.92. The first kappa shape index (κ1) is 12.9. The zero-order chi connectivity index (χ0) is 12.5. The van der Waals surface area contributed by atoms with Gasteiger partial charge in [0, 0.05) is 18.6 Å². The molecule has 0 aromatic carbocycles. The highest BCUT2D eigenvalue weighted by Crippen LogP contribution is 2.45. The Balaban J connectivity index is 1.79. The summed E-state index contributed by atoms with van der Waals surface area (Å²) < 4.78 is 0. The van der Waals surface area contributed by atoms with E-state index in [1.165, 1.54) is 25.9 Å². The Morgan fingerprint density at radius 2 is 1.94 bits per heavy atom. The molecule has 0 atom stereocenters. The minimum atomic E-state index is 0.0178. The van der Waals surface area contributed by atoms with Crippen molar-refractivity contribution in [1.29, 1.82) is 5.26 Å². The van der Waals surface area contributed by atoms with E-state index in [0.717, 1.165) is 19.4 Å². The molecule has 96 valence electrons. The SMILES string of the molecule is CC(C)N1CCC(N(C)CC2(C#N)CC2)CC1. The summed E-state index contributed by atoms with van der Waals surface area (Å²) in [6.07, 6.45) is 4.74. The maximum absolute atomic E-state index is 9.13. The van der Waals surface area contributed by atoms with Gasteiger partial charge in [-0.15, -0.1) is 0 Å². The summed E-state index contributed by atoms with van der Waals surface area (Å²) in [4.78, 5) is 5.00. The molecule has 17 heavy (non-hydrogen) atoms. The van der Waals surface area contributed by atoms with Gasteiger partial charge in [-0.3, -0.25) is 0 Å². The fraction of sp³-hybridized carbons (Fsp3) is 0.929. The van der Waals surface area contributed by atoms with Gasteiger partial charge in [-0.05, 0) is 59.7 Å². The summed E-state index contributed by atoms with van der Waals surface area (Å²) in [5.41, 5.74) is 0.0178.